The zero-order chi connectivity index (χ0) is 13.3. The first kappa shape index (κ1) is 13.2. The molecule has 5 heteroatoms. The number of hydrogen-bond acceptors (Lipinski definition) is 3. The van der Waals surface area contributed by atoms with Crippen molar-refractivity contribution >= 4 is 21.9 Å². The van der Waals surface area contributed by atoms with Crippen LogP contribution in [0.2, 0.25) is 0 Å². The summed E-state index contributed by atoms with van der Waals surface area (Å²) in [6.45, 7) is 0. The normalized spacial score (nSPS) is 16.8. The van der Waals surface area contributed by atoms with Crippen molar-refractivity contribution in [3.63, 3.8) is 0 Å². The summed E-state index contributed by atoms with van der Waals surface area (Å²) in [5.41, 5.74) is -0.0865. The van der Waals surface area contributed by atoms with Crippen molar-refractivity contribution in [2.45, 2.75) is 24.7 Å². The van der Waals surface area contributed by atoms with Gasteiger partial charge in [0.2, 0.25) is 0 Å². The molecule has 1 aromatic rings. The van der Waals surface area contributed by atoms with Crippen molar-refractivity contribution in [3.8, 4) is 11.5 Å². The van der Waals surface area contributed by atoms with E-state index in [0.29, 0.717) is 28.8 Å². The van der Waals surface area contributed by atoms with Gasteiger partial charge in [-0.25, -0.2) is 0 Å². The highest BCUT2D eigenvalue weighted by Crippen LogP contribution is 2.50. The van der Waals surface area contributed by atoms with E-state index < -0.39 is 11.4 Å². The van der Waals surface area contributed by atoms with Crippen molar-refractivity contribution in [3.05, 3.63) is 22.2 Å². The summed E-state index contributed by atoms with van der Waals surface area (Å²) >= 11 is 3.40. The van der Waals surface area contributed by atoms with Crippen LogP contribution in [-0.4, -0.2) is 25.3 Å². The molecule has 4 nitrogen and oxygen atoms in total. The van der Waals surface area contributed by atoms with E-state index in [2.05, 4.69) is 15.9 Å². The van der Waals surface area contributed by atoms with Crippen LogP contribution < -0.4 is 9.47 Å². The largest absolute Gasteiger partial charge is 0.495 e. The SMILES string of the molecule is COc1ccc(C2(C(=O)O)CCC2)c(OC)c1Br. The van der Waals surface area contributed by atoms with Crippen LogP contribution in [-0.2, 0) is 10.2 Å². The second-order valence-electron chi connectivity index (χ2n) is 4.40. The van der Waals surface area contributed by atoms with E-state index >= 15 is 0 Å². The van der Waals surface area contributed by atoms with Crippen LogP contribution in [0, 0.1) is 0 Å². The second-order valence-corrected chi connectivity index (χ2v) is 5.20. The predicted octanol–water partition coefficient (Wildman–Crippen LogP) is 2.97. The zero-order valence-electron chi connectivity index (χ0n) is 10.3. The first-order chi connectivity index (χ1) is 8.56. The fourth-order valence-corrected chi connectivity index (χ4v) is 3.07. The quantitative estimate of drug-likeness (QED) is 0.928. The third-order valence-electron chi connectivity index (χ3n) is 3.62. The van der Waals surface area contributed by atoms with E-state index in [1.165, 1.54) is 7.11 Å². The van der Waals surface area contributed by atoms with Gasteiger partial charge in [0, 0.05) is 5.56 Å². The molecule has 0 amide bonds. The molecule has 0 saturated heterocycles. The van der Waals surface area contributed by atoms with Gasteiger partial charge in [0.25, 0.3) is 0 Å². The molecular weight excluding hydrogens is 300 g/mol. The fourth-order valence-electron chi connectivity index (χ4n) is 2.40. The van der Waals surface area contributed by atoms with E-state index in [-0.39, 0.29) is 0 Å². The lowest BCUT2D eigenvalue weighted by atomic mass is 9.64. The van der Waals surface area contributed by atoms with Gasteiger partial charge in [-0.1, -0.05) is 12.5 Å². The Morgan fingerprint density at radius 3 is 2.39 bits per heavy atom. The molecule has 18 heavy (non-hydrogen) atoms. The van der Waals surface area contributed by atoms with Crippen LogP contribution in [0.1, 0.15) is 24.8 Å². The molecule has 1 aromatic carbocycles. The van der Waals surface area contributed by atoms with Crippen LogP contribution in [0.15, 0.2) is 16.6 Å². The molecule has 98 valence electrons. The minimum Gasteiger partial charge on any atom is -0.495 e. The van der Waals surface area contributed by atoms with Gasteiger partial charge >= 0.3 is 5.97 Å². The molecule has 1 N–H and O–H groups in total. The number of carboxylic acid groups (broad SMARTS) is 1. The summed E-state index contributed by atoms with van der Waals surface area (Å²) in [5, 5.41) is 9.47. The van der Waals surface area contributed by atoms with E-state index in [0.717, 1.165) is 12.0 Å². The Balaban J connectivity index is 2.57. The molecule has 1 aliphatic rings. The lowest BCUT2D eigenvalue weighted by Crippen LogP contribution is -2.42. The van der Waals surface area contributed by atoms with Gasteiger partial charge in [-0.05, 0) is 34.8 Å². The van der Waals surface area contributed by atoms with Crippen molar-refractivity contribution in [2.24, 2.45) is 0 Å². The molecule has 0 aliphatic heterocycles. The number of halogens is 1. The summed E-state index contributed by atoms with van der Waals surface area (Å²) < 4.78 is 11.2. The maximum absolute atomic E-state index is 11.5. The van der Waals surface area contributed by atoms with E-state index in [1.54, 1.807) is 19.2 Å². The van der Waals surface area contributed by atoms with E-state index in [9.17, 15) is 9.90 Å². The Bertz CT molecular complexity index is 480. The van der Waals surface area contributed by atoms with Gasteiger partial charge in [0.1, 0.15) is 16.0 Å². The monoisotopic (exact) mass is 314 g/mol. The number of carboxylic acids is 1. The number of benzene rings is 1. The van der Waals surface area contributed by atoms with Crippen LogP contribution in [0.25, 0.3) is 0 Å². The maximum atomic E-state index is 11.5. The molecule has 0 spiro atoms. The number of carbonyl (C=O) groups is 1. The standard InChI is InChI=1S/C13H15BrO4/c1-17-9-5-4-8(11(18-2)10(9)14)13(12(15)16)6-3-7-13/h4-5H,3,6-7H2,1-2H3,(H,15,16). The third-order valence-corrected chi connectivity index (χ3v) is 4.37. The predicted molar refractivity (Wildman–Crippen MR) is 70.4 cm³/mol. The Morgan fingerprint density at radius 2 is 2.00 bits per heavy atom. The van der Waals surface area contributed by atoms with Crippen LogP contribution >= 0.6 is 15.9 Å². The highest BCUT2D eigenvalue weighted by molar-refractivity contribution is 9.10. The van der Waals surface area contributed by atoms with Crippen molar-refractivity contribution in [1.82, 2.24) is 0 Å². The number of hydrogen-bond donors (Lipinski definition) is 1. The molecule has 2 rings (SSSR count). The minimum atomic E-state index is -0.805. The van der Waals surface area contributed by atoms with Gasteiger partial charge < -0.3 is 14.6 Å². The summed E-state index contributed by atoms with van der Waals surface area (Å²) in [7, 11) is 3.10. The fraction of sp³-hybridized carbons (Fsp3) is 0.462. The highest BCUT2D eigenvalue weighted by Gasteiger charge is 2.48. The molecular formula is C13H15BrO4. The Labute approximate surface area is 114 Å². The van der Waals surface area contributed by atoms with Crippen LogP contribution in [0.4, 0.5) is 0 Å². The van der Waals surface area contributed by atoms with Gasteiger partial charge in [0.05, 0.1) is 19.6 Å². The van der Waals surface area contributed by atoms with Gasteiger partial charge in [0.15, 0.2) is 0 Å². The number of ether oxygens (including phenoxy) is 2. The molecule has 0 atom stereocenters. The smallest absolute Gasteiger partial charge is 0.314 e. The topological polar surface area (TPSA) is 55.8 Å². The Hall–Kier alpha value is -1.23. The maximum Gasteiger partial charge on any atom is 0.314 e. The molecule has 0 unspecified atom stereocenters. The zero-order valence-corrected chi connectivity index (χ0v) is 11.9. The van der Waals surface area contributed by atoms with Gasteiger partial charge in [-0.15, -0.1) is 0 Å². The molecule has 1 saturated carbocycles. The number of rotatable bonds is 4. The van der Waals surface area contributed by atoms with Crippen molar-refractivity contribution < 1.29 is 19.4 Å². The average Bonchev–Trinajstić information content (AvgIpc) is 2.27. The summed E-state index contributed by atoms with van der Waals surface area (Å²) in [5.74, 6) is 0.399. The molecule has 0 heterocycles. The summed E-state index contributed by atoms with van der Waals surface area (Å²) in [6, 6.07) is 3.56. The number of methoxy groups -OCH3 is 2. The molecule has 1 fully saturated rings. The highest BCUT2D eigenvalue weighted by atomic mass is 79.9. The van der Waals surface area contributed by atoms with E-state index in [4.69, 9.17) is 9.47 Å². The Kier molecular flexibility index (Phi) is 3.52. The average molecular weight is 315 g/mol. The van der Waals surface area contributed by atoms with Crippen LogP contribution in [0.3, 0.4) is 0 Å². The summed E-state index contributed by atoms with van der Waals surface area (Å²) in [6.07, 6.45) is 2.23. The minimum absolute atomic E-state index is 0.552. The van der Waals surface area contributed by atoms with Gasteiger partial charge in [-0.2, -0.15) is 0 Å². The summed E-state index contributed by atoms with van der Waals surface area (Å²) in [4.78, 5) is 11.5. The molecule has 0 bridgehead atoms. The number of aliphatic carboxylic acids is 1. The first-order valence-electron chi connectivity index (χ1n) is 5.71. The molecule has 0 aromatic heterocycles. The lowest BCUT2D eigenvalue weighted by Gasteiger charge is -2.39. The van der Waals surface area contributed by atoms with Crippen LogP contribution in [0.5, 0.6) is 11.5 Å². The Morgan fingerprint density at radius 1 is 1.33 bits per heavy atom. The van der Waals surface area contributed by atoms with E-state index in [1.807, 2.05) is 0 Å². The molecule has 0 radical (unpaired) electrons. The van der Waals surface area contributed by atoms with Crippen molar-refractivity contribution in [2.75, 3.05) is 14.2 Å². The third kappa shape index (κ3) is 1.77. The van der Waals surface area contributed by atoms with Crippen molar-refractivity contribution in [1.29, 1.82) is 0 Å². The molecule has 1 aliphatic carbocycles. The van der Waals surface area contributed by atoms with Gasteiger partial charge in [-0.3, -0.25) is 4.79 Å². The second kappa shape index (κ2) is 4.80. The first-order valence-corrected chi connectivity index (χ1v) is 6.50. The lowest BCUT2D eigenvalue weighted by molar-refractivity contribution is -0.147.